The molecule has 0 spiro atoms. The highest BCUT2D eigenvalue weighted by Gasteiger charge is 2.57. The van der Waals surface area contributed by atoms with Gasteiger partial charge in [-0.15, -0.1) is 0 Å². The van der Waals surface area contributed by atoms with Crippen molar-refractivity contribution in [1.82, 2.24) is 0 Å². The minimum atomic E-state index is -3.57. The minimum absolute atomic E-state index is 1.36. The number of hydrogen-bond acceptors (Lipinski definition) is 12. The first-order valence-electron chi connectivity index (χ1n) is 6.67. The lowest BCUT2D eigenvalue weighted by molar-refractivity contribution is 0.00956. The molecular weight excluding hydrogens is 415 g/mol. The van der Waals surface area contributed by atoms with E-state index < -0.39 is 35.7 Å². The maximum atomic E-state index is 5.69. The Labute approximate surface area is 152 Å². The van der Waals surface area contributed by atoms with E-state index in [4.69, 9.17) is 52.5 Å². The molecule has 0 N–H and O–H groups in total. The van der Waals surface area contributed by atoms with Crippen molar-refractivity contribution in [3.63, 3.8) is 0 Å². The summed E-state index contributed by atoms with van der Waals surface area (Å²) in [5.41, 5.74) is 0. The van der Waals surface area contributed by atoms with Crippen LogP contribution in [-0.4, -0.2) is 91.1 Å². The molecule has 0 aliphatic heterocycles. The molecule has 0 atom stereocenters. The molecule has 0 rings (SSSR count). The molecule has 0 unspecified atom stereocenters. The third-order valence-corrected chi connectivity index (χ3v) is 11.8. The minimum Gasteiger partial charge on any atom is -0.354 e. The fraction of sp³-hybridized carbons (Fsp3) is 1.00. The Kier molecular flexibility index (Phi) is 12.4. The van der Waals surface area contributed by atoms with E-state index in [9.17, 15) is 0 Å². The van der Waals surface area contributed by atoms with Crippen molar-refractivity contribution in [2.75, 3.05) is 64.0 Å². The van der Waals surface area contributed by atoms with Crippen LogP contribution in [0.15, 0.2) is 0 Å². The summed E-state index contributed by atoms with van der Waals surface area (Å²) in [5.74, 6) is 0. The van der Waals surface area contributed by atoms with Crippen molar-refractivity contribution in [3.8, 4) is 0 Å². The molecular formula is C9H27O12PSi3. The van der Waals surface area contributed by atoms with E-state index in [-0.39, 0.29) is 0 Å². The Morgan fingerprint density at radius 3 is 0.640 bits per heavy atom. The van der Waals surface area contributed by atoms with Crippen molar-refractivity contribution < 1.29 is 52.5 Å². The zero-order valence-corrected chi connectivity index (χ0v) is 19.7. The van der Waals surface area contributed by atoms with Gasteiger partial charge in [0.1, 0.15) is 0 Å². The molecule has 0 saturated carbocycles. The van der Waals surface area contributed by atoms with Gasteiger partial charge in [-0.2, -0.15) is 0 Å². The topological polar surface area (TPSA) is 111 Å². The fourth-order valence-electron chi connectivity index (χ4n) is 1.42. The zero-order chi connectivity index (χ0) is 19.6. The van der Waals surface area contributed by atoms with E-state index in [1.165, 1.54) is 64.0 Å². The van der Waals surface area contributed by atoms with E-state index in [1.54, 1.807) is 0 Å². The summed E-state index contributed by atoms with van der Waals surface area (Å²) in [5, 5.41) is 0. The van der Waals surface area contributed by atoms with Crippen LogP contribution >= 0.6 is 8.60 Å². The first-order valence-corrected chi connectivity index (χ1v) is 12.7. The van der Waals surface area contributed by atoms with Crippen molar-refractivity contribution in [3.05, 3.63) is 0 Å². The van der Waals surface area contributed by atoms with Crippen LogP contribution in [0.3, 0.4) is 0 Å². The van der Waals surface area contributed by atoms with E-state index in [1.807, 2.05) is 0 Å². The number of hydrogen-bond donors (Lipinski definition) is 0. The monoisotopic (exact) mass is 442 g/mol. The second-order valence-corrected chi connectivity index (χ2v) is 13.1. The molecule has 0 amide bonds. The van der Waals surface area contributed by atoms with Gasteiger partial charge < -0.3 is 39.8 Å². The van der Waals surface area contributed by atoms with Gasteiger partial charge in [-0.1, -0.05) is 0 Å². The van der Waals surface area contributed by atoms with Gasteiger partial charge in [0.2, 0.25) is 0 Å². The van der Waals surface area contributed by atoms with Crippen LogP contribution in [0.4, 0.5) is 0 Å². The zero-order valence-electron chi connectivity index (χ0n) is 15.8. The highest BCUT2D eigenvalue weighted by atomic mass is 31.2. The third kappa shape index (κ3) is 6.92. The molecule has 0 heterocycles. The summed E-state index contributed by atoms with van der Waals surface area (Å²) in [6, 6.07) is 0. The van der Waals surface area contributed by atoms with Crippen LogP contribution in [0.2, 0.25) is 0 Å². The average Bonchev–Trinajstić information content (AvgIpc) is 2.68. The Bertz CT molecular complexity index is 278. The summed E-state index contributed by atoms with van der Waals surface area (Å²) < 4.78 is 64.0. The second kappa shape index (κ2) is 12.1. The van der Waals surface area contributed by atoms with Gasteiger partial charge >= 0.3 is 35.7 Å². The standard InChI is InChI=1S/C9H27O12PSi3/c1-10-23(11-2,12-3)19-22(20-24(13-4,14-5)15-6)21-25(16-7,17-8)18-9/h1-9H3. The lowest BCUT2D eigenvalue weighted by Gasteiger charge is -2.33. The quantitative estimate of drug-likeness (QED) is 0.258. The van der Waals surface area contributed by atoms with Crippen molar-refractivity contribution in [2.24, 2.45) is 0 Å². The fourth-order valence-corrected chi connectivity index (χ4v) is 9.24. The van der Waals surface area contributed by atoms with Gasteiger partial charge in [0.25, 0.3) is 0 Å². The highest BCUT2D eigenvalue weighted by molar-refractivity contribution is 7.46. The van der Waals surface area contributed by atoms with E-state index in [2.05, 4.69) is 0 Å². The van der Waals surface area contributed by atoms with Gasteiger partial charge in [-0.3, -0.25) is 12.6 Å². The summed E-state index contributed by atoms with van der Waals surface area (Å²) >= 11 is 0. The van der Waals surface area contributed by atoms with Crippen LogP contribution in [0, 0.1) is 0 Å². The lowest BCUT2D eigenvalue weighted by Crippen LogP contribution is -2.51. The molecule has 16 heteroatoms. The Hall–Kier alpha value is 0.601. The summed E-state index contributed by atoms with van der Waals surface area (Å²) in [7, 11) is -0.820. The predicted octanol–water partition coefficient (Wildman–Crippen LogP) is 0.388. The summed E-state index contributed by atoms with van der Waals surface area (Å²) in [4.78, 5) is 0. The smallest absolute Gasteiger partial charge is 0.354 e. The van der Waals surface area contributed by atoms with E-state index >= 15 is 0 Å². The molecule has 12 nitrogen and oxygen atoms in total. The highest BCUT2D eigenvalue weighted by Crippen LogP contribution is 2.48. The Morgan fingerprint density at radius 2 is 0.520 bits per heavy atom. The van der Waals surface area contributed by atoms with E-state index in [0.29, 0.717) is 0 Å². The SMILES string of the molecule is CO[Si](OC)(OC)OP(O[Si](OC)(OC)OC)O[Si](OC)(OC)OC. The molecule has 152 valence electrons. The van der Waals surface area contributed by atoms with Crippen LogP contribution in [0.5, 0.6) is 0 Å². The first kappa shape index (κ1) is 25.6. The maximum Gasteiger partial charge on any atom is 0.685 e. The van der Waals surface area contributed by atoms with Gasteiger partial charge in [0, 0.05) is 64.0 Å². The van der Waals surface area contributed by atoms with Crippen molar-refractivity contribution in [2.45, 2.75) is 0 Å². The summed E-state index contributed by atoms with van der Waals surface area (Å²) in [6.45, 7) is 0. The van der Waals surface area contributed by atoms with Gasteiger partial charge in [-0.25, -0.2) is 0 Å². The molecule has 0 radical (unpaired) electrons. The van der Waals surface area contributed by atoms with Gasteiger partial charge in [0.05, 0.1) is 0 Å². The molecule has 0 aromatic heterocycles. The van der Waals surface area contributed by atoms with Crippen LogP contribution in [0.25, 0.3) is 0 Å². The van der Waals surface area contributed by atoms with Crippen LogP contribution < -0.4 is 0 Å². The van der Waals surface area contributed by atoms with Crippen LogP contribution in [0.1, 0.15) is 0 Å². The number of rotatable bonds is 15. The molecule has 0 bridgehead atoms. The maximum absolute atomic E-state index is 5.69. The van der Waals surface area contributed by atoms with Gasteiger partial charge in [-0.05, 0) is 0 Å². The predicted molar refractivity (Wildman–Crippen MR) is 90.5 cm³/mol. The molecule has 0 aliphatic rings. The average molecular weight is 443 g/mol. The molecule has 0 aliphatic carbocycles. The van der Waals surface area contributed by atoms with Crippen molar-refractivity contribution in [1.29, 1.82) is 0 Å². The second-order valence-electron chi connectivity index (χ2n) is 3.83. The Balaban J connectivity index is 5.64. The third-order valence-electron chi connectivity index (χ3n) is 2.81. The van der Waals surface area contributed by atoms with E-state index in [0.717, 1.165) is 0 Å². The molecule has 0 fully saturated rings. The molecule has 0 saturated heterocycles. The largest absolute Gasteiger partial charge is 0.685 e. The lowest BCUT2D eigenvalue weighted by atomic mass is 11.8. The first-order chi connectivity index (χ1) is 11.8. The molecule has 0 aromatic rings. The summed E-state index contributed by atoms with van der Waals surface area (Å²) in [6.07, 6.45) is 0. The molecule has 25 heavy (non-hydrogen) atoms. The Morgan fingerprint density at radius 1 is 0.360 bits per heavy atom. The van der Waals surface area contributed by atoms with Gasteiger partial charge in [0.15, 0.2) is 0 Å². The van der Waals surface area contributed by atoms with Crippen LogP contribution in [-0.2, 0) is 52.5 Å². The molecule has 0 aromatic carbocycles. The normalized spacial score (nSPS) is 13.7. The van der Waals surface area contributed by atoms with Crippen molar-refractivity contribution >= 4 is 35.7 Å².